The molecule has 7 heteroatoms. The lowest BCUT2D eigenvalue weighted by atomic mass is 10.0. The molecule has 0 aromatic heterocycles. The van der Waals surface area contributed by atoms with Crippen LogP contribution in [0.15, 0.2) is 0 Å². The van der Waals surface area contributed by atoms with Gasteiger partial charge in [0.1, 0.15) is 0 Å². The van der Waals surface area contributed by atoms with Crippen LogP contribution >= 0.6 is 0 Å². The fraction of sp³-hybridized carbons (Fsp3) is 1.00. The second kappa shape index (κ2) is 5.29. The van der Waals surface area contributed by atoms with Crippen LogP contribution in [0.25, 0.3) is 0 Å². The van der Waals surface area contributed by atoms with Crippen LogP contribution < -0.4 is 0 Å². The van der Waals surface area contributed by atoms with E-state index < -0.39 is 10.2 Å². The van der Waals surface area contributed by atoms with Crippen molar-refractivity contribution in [3.8, 4) is 0 Å². The molecule has 3 rings (SSSR count). The Hall–Kier alpha value is -0.210. The minimum atomic E-state index is -3.38. The van der Waals surface area contributed by atoms with Gasteiger partial charge in [0.25, 0.3) is 10.2 Å². The Morgan fingerprint density at radius 1 is 1.05 bits per heavy atom. The van der Waals surface area contributed by atoms with Crippen LogP contribution in [0.3, 0.4) is 0 Å². The minimum absolute atomic E-state index is 0.0698. The zero-order valence-electron chi connectivity index (χ0n) is 11.1. The van der Waals surface area contributed by atoms with Crippen molar-refractivity contribution in [3.63, 3.8) is 0 Å². The highest BCUT2D eigenvalue weighted by Gasteiger charge is 2.41. The molecule has 0 amide bonds. The smallest absolute Gasteiger partial charge is 0.282 e. The standard InChI is InChI=1S/C12H22N2O4S/c15-9-10-2-1-5-13(6-10)19(16,17)14-7-11-3-4-12(8-14)18-11/h10-12,15H,1-9H2. The summed E-state index contributed by atoms with van der Waals surface area (Å²) in [4.78, 5) is 0. The number of hydrogen-bond acceptors (Lipinski definition) is 4. The van der Waals surface area contributed by atoms with E-state index in [1.54, 1.807) is 8.61 Å². The van der Waals surface area contributed by atoms with Gasteiger partial charge in [0, 0.05) is 32.8 Å². The topological polar surface area (TPSA) is 70.1 Å². The zero-order valence-corrected chi connectivity index (χ0v) is 11.9. The van der Waals surface area contributed by atoms with E-state index in [9.17, 15) is 13.5 Å². The van der Waals surface area contributed by atoms with Crippen LogP contribution in [0.4, 0.5) is 0 Å². The molecule has 0 radical (unpaired) electrons. The number of aliphatic hydroxyl groups is 1. The molecule has 0 aliphatic carbocycles. The molecule has 0 aromatic carbocycles. The summed E-state index contributed by atoms with van der Waals surface area (Å²) < 4.78 is 34.1. The molecule has 3 fully saturated rings. The van der Waals surface area contributed by atoms with Gasteiger partial charge in [-0.2, -0.15) is 17.0 Å². The number of nitrogens with zero attached hydrogens (tertiary/aromatic N) is 2. The Balaban J connectivity index is 1.71. The highest BCUT2D eigenvalue weighted by molar-refractivity contribution is 7.86. The van der Waals surface area contributed by atoms with Crippen LogP contribution in [0, 0.1) is 5.92 Å². The van der Waals surface area contributed by atoms with Gasteiger partial charge in [0.15, 0.2) is 0 Å². The van der Waals surface area contributed by atoms with Crippen molar-refractivity contribution in [2.45, 2.75) is 37.9 Å². The number of fused-ring (bicyclic) bond motifs is 2. The van der Waals surface area contributed by atoms with Crippen molar-refractivity contribution in [2.75, 3.05) is 32.8 Å². The lowest BCUT2D eigenvalue weighted by Gasteiger charge is -2.38. The molecule has 3 aliphatic heterocycles. The summed E-state index contributed by atoms with van der Waals surface area (Å²) in [6.45, 7) is 2.07. The molecule has 0 spiro atoms. The van der Waals surface area contributed by atoms with E-state index >= 15 is 0 Å². The number of morpholine rings is 1. The first-order chi connectivity index (χ1) is 9.09. The maximum atomic E-state index is 12.6. The Bertz CT molecular complexity index is 415. The first kappa shape index (κ1) is 13.8. The van der Waals surface area contributed by atoms with Crippen molar-refractivity contribution in [1.82, 2.24) is 8.61 Å². The van der Waals surface area contributed by atoms with E-state index in [1.165, 1.54) is 0 Å². The summed E-state index contributed by atoms with van der Waals surface area (Å²) in [6, 6.07) is 0. The van der Waals surface area contributed by atoms with Gasteiger partial charge in [-0.3, -0.25) is 0 Å². The van der Waals surface area contributed by atoms with Crippen molar-refractivity contribution < 1.29 is 18.3 Å². The molecule has 3 aliphatic rings. The van der Waals surface area contributed by atoms with Gasteiger partial charge in [-0.15, -0.1) is 0 Å². The Morgan fingerprint density at radius 3 is 2.37 bits per heavy atom. The highest BCUT2D eigenvalue weighted by Crippen LogP contribution is 2.30. The second-order valence-electron chi connectivity index (χ2n) is 5.83. The number of rotatable bonds is 3. The first-order valence-electron chi connectivity index (χ1n) is 7.11. The van der Waals surface area contributed by atoms with Crippen LogP contribution in [0.2, 0.25) is 0 Å². The van der Waals surface area contributed by atoms with Gasteiger partial charge in [-0.1, -0.05) is 0 Å². The van der Waals surface area contributed by atoms with E-state index in [0.717, 1.165) is 25.7 Å². The van der Waals surface area contributed by atoms with Crippen LogP contribution in [0.5, 0.6) is 0 Å². The first-order valence-corrected chi connectivity index (χ1v) is 8.51. The van der Waals surface area contributed by atoms with E-state index in [-0.39, 0.29) is 24.7 Å². The van der Waals surface area contributed by atoms with Gasteiger partial charge in [0.2, 0.25) is 0 Å². The molecule has 3 unspecified atom stereocenters. The zero-order chi connectivity index (χ0) is 13.5. The SMILES string of the molecule is O=S(=O)(N1CCCC(CO)C1)N1CC2CCC(C1)O2. The van der Waals surface area contributed by atoms with Crippen molar-refractivity contribution in [3.05, 3.63) is 0 Å². The normalized spacial score (nSPS) is 37.6. The third-order valence-electron chi connectivity index (χ3n) is 4.40. The summed E-state index contributed by atoms with van der Waals surface area (Å²) in [5, 5.41) is 9.22. The maximum absolute atomic E-state index is 12.6. The summed E-state index contributed by atoms with van der Waals surface area (Å²) >= 11 is 0. The predicted octanol–water partition coefficient (Wildman–Crippen LogP) is -0.201. The molecule has 3 atom stereocenters. The number of ether oxygens (including phenoxy) is 1. The minimum Gasteiger partial charge on any atom is -0.396 e. The number of aliphatic hydroxyl groups excluding tert-OH is 1. The third-order valence-corrected chi connectivity index (χ3v) is 6.34. The molecule has 0 saturated carbocycles. The quantitative estimate of drug-likeness (QED) is 0.781. The van der Waals surface area contributed by atoms with Gasteiger partial charge < -0.3 is 9.84 Å². The summed E-state index contributed by atoms with van der Waals surface area (Å²) in [5.74, 6) is 0.0845. The van der Waals surface area contributed by atoms with Crippen LogP contribution in [0.1, 0.15) is 25.7 Å². The molecule has 0 aromatic rings. The lowest BCUT2D eigenvalue weighted by Crippen LogP contribution is -2.53. The van der Waals surface area contributed by atoms with Crippen molar-refractivity contribution in [1.29, 1.82) is 0 Å². The molecule has 110 valence electrons. The van der Waals surface area contributed by atoms with Crippen LogP contribution in [-0.4, -0.2) is 67.1 Å². The fourth-order valence-corrected chi connectivity index (χ4v) is 5.11. The molecule has 3 saturated heterocycles. The number of piperidine rings is 1. The summed E-state index contributed by atoms with van der Waals surface area (Å²) in [7, 11) is -3.38. The highest BCUT2D eigenvalue weighted by atomic mass is 32.2. The van der Waals surface area contributed by atoms with Gasteiger partial charge >= 0.3 is 0 Å². The lowest BCUT2D eigenvalue weighted by molar-refractivity contribution is -0.0136. The fourth-order valence-electron chi connectivity index (χ4n) is 3.31. The molecular formula is C12H22N2O4S. The molecule has 3 heterocycles. The Kier molecular flexibility index (Phi) is 3.83. The van der Waals surface area contributed by atoms with E-state index in [4.69, 9.17) is 4.74 Å². The van der Waals surface area contributed by atoms with Gasteiger partial charge in [-0.05, 0) is 31.6 Å². The molecule has 2 bridgehead atoms. The van der Waals surface area contributed by atoms with Crippen LogP contribution in [-0.2, 0) is 14.9 Å². The van der Waals surface area contributed by atoms with Crippen molar-refractivity contribution in [2.24, 2.45) is 5.92 Å². The molecule has 1 N–H and O–H groups in total. The molecule has 6 nitrogen and oxygen atoms in total. The monoisotopic (exact) mass is 290 g/mol. The predicted molar refractivity (Wildman–Crippen MR) is 69.8 cm³/mol. The van der Waals surface area contributed by atoms with E-state index in [2.05, 4.69) is 0 Å². The second-order valence-corrected chi connectivity index (χ2v) is 7.76. The number of hydrogen-bond donors (Lipinski definition) is 1. The molecular weight excluding hydrogens is 268 g/mol. The van der Waals surface area contributed by atoms with Gasteiger partial charge in [-0.25, -0.2) is 0 Å². The Morgan fingerprint density at radius 2 is 1.74 bits per heavy atom. The average molecular weight is 290 g/mol. The van der Waals surface area contributed by atoms with E-state index in [1.807, 2.05) is 0 Å². The maximum Gasteiger partial charge on any atom is 0.282 e. The summed E-state index contributed by atoms with van der Waals surface area (Å²) in [6.07, 6.45) is 3.84. The van der Waals surface area contributed by atoms with E-state index in [0.29, 0.717) is 26.2 Å². The third kappa shape index (κ3) is 2.67. The largest absolute Gasteiger partial charge is 0.396 e. The van der Waals surface area contributed by atoms with Crippen molar-refractivity contribution >= 4 is 10.2 Å². The average Bonchev–Trinajstić information content (AvgIpc) is 2.77. The molecule has 19 heavy (non-hydrogen) atoms. The Labute approximate surface area is 114 Å². The van der Waals surface area contributed by atoms with Gasteiger partial charge in [0.05, 0.1) is 12.2 Å². The summed E-state index contributed by atoms with van der Waals surface area (Å²) in [5.41, 5.74) is 0.